The summed E-state index contributed by atoms with van der Waals surface area (Å²) in [5, 5.41) is 9.18. The number of hydrogen-bond acceptors (Lipinski definition) is 5. The molecule has 2 rings (SSSR count). The number of carbonyl (C=O) groups is 2. The third kappa shape index (κ3) is 3.33. The van der Waals surface area contributed by atoms with Crippen molar-refractivity contribution in [1.82, 2.24) is 0 Å². The van der Waals surface area contributed by atoms with Gasteiger partial charge in [0.05, 0.1) is 12.5 Å². The van der Waals surface area contributed by atoms with E-state index in [2.05, 4.69) is 9.46 Å². The van der Waals surface area contributed by atoms with Gasteiger partial charge in [0.25, 0.3) is 0 Å². The molecule has 0 unspecified atom stereocenters. The first kappa shape index (κ1) is 15.3. The van der Waals surface area contributed by atoms with Gasteiger partial charge in [0.1, 0.15) is 0 Å². The average molecular weight is 313 g/mol. The molecule has 0 bridgehead atoms. The molecule has 0 aromatic heterocycles. The summed E-state index contributed by atoms with van der Waals surface area (Å²) in [6.07, 6.45) is 1.16. The lowest BCUT2D eigenvalue weighted by Gasteiger charge is -2.12. The fourth-order valence-electron chi connectivity index (χ4n) is 2.04. The van der Waals surface area contributed by atoms with Crippen molar-refractivity contribution < 1.29 is 27.9 Å². The highest BCUT2D eigenvalue weighted by Crippen LogP contribution is 2.48. The van der Waals surface area contributed by atoms with Crippen molar-refractivity contribution in [3.8, 4) is 0 Å². The molecule has 2 N–H and O–H groups in total. The van der Waals surface area contributed by atoms with Crippen molar-refractivity contribution >= 4 is 27.6 Å². The summed E-state index contributed by atoms with van der Waals surface area (Å²) in [6.45, 7) is 0. The van der Waals surface area contributed by atoms with Crippen LogP contribution in [0.1, 0.15) is 18.4 Å². The second-order valence-electron chi connectivity index (χ2n) is 4.90. The summed E-state index contributed by atoms with van der Waals surface area (Å²) in [4.78, 5) is 22.2. The van der Waals surface area contributed by atoms with Crippen molar-refractivity contribution in [2.45, 2.75) is 18.3 Å². The Morgan fingerprint density at radius 2 is 1.86 bits per heavy atom. The zero-order valence-electron chi connectivity index (χ0n) is 11.3. The second kappa shape index (κ2) is 5.36. The second-order valence-corrected chi connectivity index (χ2v) is 6.62. The summed E-state index contributed by atoms with van der Waals surface area (Å²) >= 11 is 0. The molecule has 0 heterocycles. The monoisotopic (exact) mass is 313 g/mol. The number of ether oxygens (including phenoxy) is 1. The molecule has 1 aliphatic carbocycles. The van der Waals surface area contributed by atoms with Crippen molar-refractivity contribution in [3.63, 3.8) is 0 Å². The van der Waals surface area contributed by atoms with E-state index in [9.17, 15) is 23.1 Å². The molecule has 0 saturated heterocycles. The van der Waals surface area contributed by atoms with Gasteiger partial charge in [-0.05, 0) is 30.5 Å². The molecule has 0 amide bonds. The fraction of sp³-hybridized carbons (Fsp3) is 0.385. The van der Waals surface area contributed by atoms with Crippen LogP contribution in [0.2, 0.25) is 0 Å². The summed E-state index contributed by atoms with van der Waals surface area (Å²) in [6, 6.07) is 6.12. The molecule has 8 heteroatoms. The molecular weight excluding hydrogens is 298 g/mol. The van der Waals surface area contributed by atoms with Gasteiger partial charge in [-0.2, -0.15) is 0 Å². The molecule has 114 valence electrons. The van der Waals surface area contributed by atoms with Crippen LogP contribution in [0, 0.1) is 0 Å². The van der Waals surface area contributed by atoms with Gasteiger partial charge < -0.3 is 9.84 Å². The van der Waals surface area contributed by atoms with Crippen LogP contribution in [0.25, 0.3) is 0 Å². The molecule has 21 heavy (non-hydrogen) atoms. The predicted molar refractivity (Wildman–Crippen MR) is 74.4 cm³/mol. The van der Waals surface area contributed by atoms with Gasteiger partial charge >= 0.3 is 11.9 Å². The van der Waals surface area contributed by atoms with E-state index < -0.39 is 33.1 Å². The third-order valence-electron chi connectivity index (χ3n) is 3.41. The predicted octanol–water partition coefficient (Wildman–Crippen LogP) is 0.717. The zero-order valence-corrected chi connectivity index (χ0v) is 12.1. The Labute approximate surface area is 122 Å². The lowest BCUT2D eigenvalue weighted by Crippen LogP contribution is -2.24. The molecule has 1 aromatic rings. The van der Waals surface area contributed by atoms with Crippen molar-refractivity contribution in [2.75, 3.05) is 17.6 Å². The standard InChI is InChI=1S/C13H15NO6S/c1-20-11(15)8-21(18,19)14-10-4-2-9(3-5-10)13(6-7-13)12(16)17/h2-5,14H,6-8H2,1H3,(H,16,17). The molecule has 1 fully saturated rings. The minimum absolute atomic E-state index is 0.267. The number of carbonyl (C=O) groups excluding carboxylic acids is 1. The fourth-order valence-corrected chi connectivity index (χ4v) is 3.03. The number of rotatable bonds is 6. The summed E-state index contributed by atoms with van der Waals surface area (Å²) in [5.41, 5.74) is 0.0819. The number of methoxy groups -OCH3 is 1. The number of aliphatic carboxylic acids is 1. The Hall–Kier alpha value is -2.09. The molecule has 1 saturated carbocycles. The van der Waals surface area contributed by atoms with E-state index in [0.29, 0.717) is 18.4 Å². The minimum atomic E-state index is -3.84. The van der Waals surface area contributed by atoms with Crippen LogP contribution in [0.3, 0.4) is 0 Å². The number of carboxylic acid groups (broad SMARTS) is 1. The Morgan fingerprint density at radius 1 is 1.29 bits per heavy atom. The van der Waals surface area contributed by atoms with Gasteiger partial charge in [0.2, 0.25) is 10.0 Å². The first-order valence-electron chi connectivity index (χ1n) is 6.20. The van der Waals surface area contributed by atoms with Crippen LogP contribution >= 0.6 is 0 Å². The highest BCUT2D eigenvalue weighted by atomic mass is 32.2. The van der Waals surface area contributed by atoms with Crippen LogP contribution in [0.5, 0.6) is 0 Å². The Kier molecular flexibility index (Phi) is 3.91. The number of esters is 1. The van der Waals surface area contributed by atoms with E-state index in [1.165, 1.54) is 12.1 Å². The van der Waals surface area contributed by atoms with Crippen LogP contribution < -0.4 is 4.72 Å². The zero-order chi connectivity index (χ0) is 15.7. The molecule has 0 radical (unpaired) electrons. The maximum atomic E-state index is 11.7. The van der Waals surface area contributed by atoms with Gasteiger partial charge in [0, 0.05) is 5.69 Å². The largest absolute Gasteiger partial charge is 0.481 e. The summed E-state index contributed by atoms with van der Waals surface area (Å²) < 4.78 is 29.9. The first-order valence-corrected chi connectivity index (χ1v) is 7.85. The number of anilines is 1. The van der Waals surface area contributed by atoms with Crippen molar-refractivity contribution in [2.24, 2.45) is 0 Å². The Bertz CT molecular complexity index is 660. The molecular formula is C13H15NO6S. The maximum absolute atomic E-state index is 11.7. The number of benzene rings is 1. The smallest absolute Gasteiger partial charge is 0.322 e. The van der Waals surface area contributed by atoms with Crippen LogP contribution in [0.15, 0.2) is 24.3 Å². The normalized spacial score (nSPS) is 16.0. The molecule has 1 aliphatic rings. The number of nitrogens with one attached hydrogen (secondary N) is 1. The number of sulfonamides is 1. The topological polar surface area (TPSA) is 110 Å². The Morgan fingerprint density at radius 3 is 2.29 bits per heavy atom. The lowest BCUT2D eigenvalue weighted by molar-refractivity contribution is -0.140. The van der Waals surface area contributed by atoms with E-state index in [0.717, 1.165) is 7.11 Å². The average Bonchev–Trinajstić information content (AvgIpc) is 3.20. The molecule has 1 aromatic carbocycles. The van der Waals surface area contributed by atoms with Gasteiger partial charge in [-0.25, -0.2) is 8.42 Å². The van der Waals surface area contributed by atoms with E-state index in [4.69, 9.17) is 0 Å². The first-order chi connectivity index (χ1) is 9.79. The van der Waals surface area contributed by atoms with Gasteiger partial charge in [0.15, 0.2) is 5.75 Å². The van der Waals surface area contributed by atoms with Crippen molar-refractivity contribution in [3.05, 3.63) is 29.8 Å². The van der Waals surface area contributed by atoms with Crippen LogP contribution in [-0.2, 0) is 29.8 Å². The van der Waals surface area contributed by atoms with E-state index >= 15 is 0 Å². The molecule has 0 atom stereocenters. The quantitative estimate of drug-likeness (QED) is 0.749. The number of hydrogen-bond donors (Lipinski definition) is 2. The van der Waals surface area contributed by atoms with Gasteiger partial charge in [-0.3, -0.25) is 14.3 Å². The molecule has 0 spiro atoms. The summed E-state index contributed by atoms with van der Waals surface area (Å²) in [5.74, 6) is -2.51. The lowest BCUT2D eigenvalue weighted by atomic mass is 9.96. The van der Waals surface area contributed by atoms with E-state index in [-0.39, 0.29) is 5.69 Å². The summed E-state index contributed by atoms with van der Waals surface area (Å²) in [7, 11) is -2.73. The van der Waals surface area contributed by atoms with Crippen LogP contribution in [-0.4, -0.2) is 38.3 Å². The van der Waals surface area contributed by atoms with Gasteiger partial charge in [-0.15, -0.1) is 0 Å². The van der Waals surface area contributed by atoms with E-state index in [1.807, 2.05) is 0 Å². The highest BCUT2D eigenvalue weighted by Gasteiger charge is 2.51. The molecule has 0 aliphatic heterocycles. The minimum Gasteiger partial charge on any atom is -0.481 e. The molecule has 7 nitrogen and oxygen atoms in total. The maximum Gasteiger partial charge on any atom is 0.322 e. The van der Waals surface area contributed by atoms with Gasteiger partial charge in [-0.1, -0.05) is 12.1 Å². The van der Waals surface area contributed by atoms with Crippen molar-refractivity contribution in [1.29, 1.82) is 0 Å². The number of carboxylic acids is 1. The Balaban J connectivity index is 2.10. The SMILES string of the molecule is COC(=O)CS(=O)(=O)Nc1ccc(C2(C(=O)O)CC2)cc1. The van der Waals surface area contributed by atoms with E-state index in [1.54, 1.807) is 12.1 Å². The third-order valence-corrected chi connectivity index (χ3v) is 4.57. The highest BCUT2D eigenvalue weighted by molar-refractivity contribution is 7.93. The van der Waals surface area contributed by atoms with Crippen LogP contribution in [0.4, 0.5) is 5.69 Å².